The SMILES string of the molecule is CCCC(C)(Br)N=O. The Balaban J connectivity index is 3.53. The van der Waals surface area contributed by atoms with Gasteiger partial charge in [0.2, 0.25) is 0 Å². The summed E-state index contributed by atoms with van der Waals surface area (Å²) in [5.41, 5.74) is 0. The highest BCUT2D eigenvalue weighted by molar-refractivity contribution is 9.10. The predicted octanol–water partition coefficient (Wildman–Crippen LogP) is 2.66. The zero-order chi connectivity index (χ0) is 6.62. The van der Waals surface area contributed by atoms with Crippen molar-refractivity contribution in [3.05, 3.63) is 4.91 Å². The number of halogens is 1. The Kier molecular flexibility index (Phi) is 3.21. The number of nitrogens with zero attached hydrogens (tertiary/aromatic N) is 1. The maximum Gasteiger partial charge on any atom is 0.154 e. The van der Waals surface area contributed by atoms with Crippen molar-refractivity contribution in [3.63, 3.8) is 0 Å². The van der Waals surface area contributed by atoms with Crippen LogP contribution in [-0.2, 0) is 0 Å². The van der Waals surface area contributed by atoms with Gasteiger partial charge in [-0.05, 0) is 13.3 Å². The van der Waals surface area contributed by atoms with Crippen molar-refractivity contribution in [1.82, 2.24) is 0 Å². The van der Waals surface area contributed by atoms with E-state index in [0.29, 0.717) is 0 Å². The highest BCUT2D eigenvalue weighted by Gasteiger charge is 2.17. The summed E-state index contributed by atoms with van der Waals surface area (Å²) in [6, 6.07) is 0. The average molecular weight is 180 g/mol. The van der Waals surface area contributed by atoms with Crippen LogP contribution in [0.2, 0.25) is 0 Å². The molecule has 0 aliphatic heterocycles. The number of hydrogen-bond donors (Lipinski definition) is 0. The smallest absolute Gasteiger partial charge is 0.149 e. The third kappa shape index (κ3) is 3.13. The highest BCUT2D eigenvalue weighted by Crippen LogP contribution is 2.23. The summed E-state index contributed by atoms with van der Waals surface area (Å²) in [6.07, 6.45) is 1.78. The molecule has 0 bridgehead atoms. The second-order valence-corrected chi connectivity index (χ2v) is 3.69. The summed E-state index contributed by atoms with van der Waals surface area (Å²) < 4.78 is -0.526. The minimum absolute atomic E-state index is 0.526. The van der Waals surface area contributed by atoms with Crippen molar-refractivity contribution in [1.29, 1.82) is 0 Å². The van der Waals surface area contributed by atoms with E-state index in [4.69, 9.17) is 0 Å². The van der Waals surface area contributed by atoms with E-state index in [9.17, 15) is 4.91 Å². The number of nitroso groups, excluding NO2 is 1. The van der Waals surface area contributed by atoms with E-state index in [-0.39, 0.29) is 0 Å². The molecule has 0 spiro atoms. The zero-order valence-electron chi connectivity index (χ0n) is 5.15. The van der Waals surface area contributed by atoms with Gasteiger partial charge in [-0.1, -0.05) is 34.5 Å². The van der Waals surface area contributed by atoms with Crippen molar-refractivity contribution < 1.29 is 0 Å². The van der Waals surface area contributed by atoms with Crippen LogP contribution in [0.25, 0.3) is 0 Å². The van der Waals surface area contributed by atoms with Crippen molar-refractivity contribution in [3.8, 4) is 0 Å². The number of alkyl halides is 1. The van der Waals surface area contributed by atoms with Crippen LogP contribution < -0.4 is 0 Å². The molecule has 0 saturated heterocycles. The lowest BCUT2D eigenvalue weighted by Gasteiger charge is -2.09. The fraction of sp³-hybridized carbons (Fsp3) is 1.00. The molecule has 3 heteroatoms. The summed E-state index contributed by atoms with van der Waals surface area (Å²) in [5.74, 6) is 0. The fourth-order valence-electron chi connectivity index (χ4n) is 0.502. The molecule has 0 heterocycles. The quantitative estimate of drug-likeness (QED) is 0.373. The van der Waals surface area contributed by atoms with Gasteiger partial charge in [-0.25, -0.2) is 0 Å². The molecule has 0 aromatic heterocycles. The molecule has 0 aliphatic rings. The predicted molar refractivity (Wildman–Crippen MR) is 38.0 cm³/mol. The molecule has 0 aromatic carbocycles. The lowest BCUT2D eigenvalue weighted by atomic mass is 10.2. The number of hydrogen-bond acceptors (Lipinski definition) is 2. The van der Waals surface area contributed by atoms with Gasteiger partial charge >= 0.3 is 0 Å². The summed E-state index contributed by atoms with van der Waals surface area (Å²) in [4.78, 5) is 9.92. The first-order chi connectivity index (χ1) is 3.62. The van der Waals surface area contributed by atoms with E-state index >= 15 is 0 Å². The van der Waals surface area contributed by atoms with Crippen molar-refractivity contribution >= 4 is 15.9 Å². The third-order valence-corrected chi connectivity index (χ3v) is 1.44. The summed E-state index contributed by atoms with van der Waals surface area (Å²) in [5, 5.41) is 2.88. The first-order valence-corrected chi connectivity index (χ1v) is 3.45. The van der Waals surface area contributed by atoms with Crippen molar-refractivity contribution in [2.24, 2.45) is 5.18 Å². The lowest BCUT2D eigenvalue weighted by molar-refractivity contribution is 0.611. The standard InChI is InChI=1S/C5H10BrNO/c1-3-4-5(2,6)7-8/h3-4H2,1-2H3. The van der Waals surface area contributed by atoms with Gasteiger partial charge in [0.25, 0.3) is 0 Å². The Bertz CT molecular complexity index is 82.5. The first-order valence-electron chi connectivity index (χ1n) is 2.66. The van der Waals surface area contributed by atoms with Crippen LogP contribution in [0.5, 0.6) is 0 Å². The van der Waals surface area contributed by atoms with Gasteiger partial charge in [-0.2, -0.15) is 0 Å². The second-order valence-electron chi connectivity index (χ2n) is 1.98. The molecule has 0 fully saturated rings. The minimum atomic E-state index is -0.526. The van der Waals surface area contributed by atoms with Crippen LogP contribution in [0, 0.1) is 4.91 Å². The normalized spacial score (nSPS) is 17.4. The Morgan fingerprint density at radius 2 is 2.25 bits per heavy atom. The minimum Gasteiger partial charge on any atom is -0.149 e. The van der Waals surface area contributed by atoms with Gasteiger partial charge in [0.05, 0.1) is 0 Å². The Hall–Kier alpha value is 0.0800. The van der Waals surface area contributed by atoms with Gasteiger partial charge in [-0.3, -0.25) is 0 Å². The Morgan fingerprint density at radius 1 is 1.75 bits per heavy atom. The molecule has 1 atom stereocenters. The lowest BCUT2D eigenvalue weighted by Crippen LogP contribution is -2.08. The molecule has 2 nitrogen and oxygen atoms in total. The maximum atomic E-state index is 9.92. The summed E-state index contributed by atoms with van der Waals surface area (Å²) in [7, 11) is 0. The molecule has 0 aliphatic carbocycles. The van der Waals surface area contributed by atoms with E-state index in [1.807, 2.05) is 6.92 Å². The summed E-state index contributed by atoms with van der Waals surface area (Å²) in [6.45, 7) is 3.79. The zero-order valence-corrected chi connectivity index (χ0v) is 6.73. The van der Waals surface area contributed by atoms with Crippen LogP contribution in [0.15, 0.2) is 5.18 Å². The van der Waals surface area contributed by atoms with Crippen LogP contribution in [0.1, 0.15) is 26.7 Å². The van der Waals surface area contributed by atoms with Crippen LogP contribution in [0.3, 0.4) is 0 Å². The van der Waals surface area contributed by atoms with Crippen LogP contribution in [0.4, 0.5) is 0 Å². The highest BCUT2D eigenvalue weighted by atomic mass is 79.9. The van der Waals surface area contributed by atoms with Gasteiger partial charge in [0.15, 0.2) is 4.45 Å². The van der Waals surface area contributed by atoms with Crippen molar-refractivity contribution in [2.45, 2.75) is 31.1 Å². The molecule has 1 unspecified atom stereocenters. The molecule has 0 aromatic rings. The molecule has 8 heavy (non-hydrogen) atoms. The second kappa shape index (κ2) is 3.17. The fourth-order valence-corrected chi connectivity index (χ4v) is 0.898. The molecular formula is C5H10BrNO. The maximum absolute atomic E-state index is 9.92. The Morgan fingerprint density at radius 3 is 2.38 bits per heavy atom. The van der Waals surface area contributed by atoms with E-state index in [1.165, 1.54) is 0 Å². The molecule has 48 valence electrons. The van der Waals surface area contributed by atoms with E-state index in [1.54, 1.807) is 6.92 Å². The topological polar surface area (TPSA) is 29.4 Å². The van der Waals surface area contributed by atoms with Gasteiger partial charge in [-0.15, -0.1) is 4.91 Å². The van der Waals surface area contributed by atoms with Crippen LogP contribution >= 0.6 is 15.9 Å². The van der Waals surface area contributed by atoms with Crippen molar-refractivity contribution in [2.75, 3.05) is 0 Å². The molecular weight excluding hydrogens is 170 g/mol. The molecule has 0 amide bonds. The monoisotopic (exact) mass is 179 g/mol. The summed E-state index contributed by atoms with van der Waals surface area (Å²) >= 11 is 3.16. The van der Waals surface area contributed by atoms with Crippen LogP contribution in [-0.4, -0.2) is 4.45 Å². The first kappa shape index (κ1) is 8.08. The van der Waals surface area contributed by atoms with Gasteiger partial charge < -0.3 is 0 Å². The van der Waals surface area contributed by atoms with Gasteiger partial charge in [0, 0.05) is 0 Å². The van der Waals surface area contributed by atoms with E-state index < -0.39 is 4.45 Å². The number of rotatable bonds is 3. The van der Waals surface area contributed by atoms with E-state index in [2.05, 4.69) is 21.1 Å². The average Bonchev–Trinajstić information content (AvgIpc) is 1.67. The molecule has 0 radical (unpaired) electrons. The largest absolute Gasteiger partial charge is 0.154 e. The van der Waals surface area contributed by atoms with E-state index in [0.717, 1.165) is 12.8 Å². The molecule has 0 N–H and O–H groups in total. The Labute approximate surface area is 57.8 Å². The molecule has 0 saturated carbocycles. The van der Waals surface area contributed by atoms with Gasteiger partial charge in [0.1, 0.15) is 0 Å². The third-order valence-electron chi connectivity index (χ3n) is 0.897. The molecule has 0 rings (SSSR count).